The van der Waals surface area contributed by atoms with E-state index in [0.717, 1.165) is 18.6 Å². The van der Waals surface area contributed by atoms with Gasteiger partial charge in [0, 0.05) is 0 Å². The average molecular weight is 338 g/mol. The van der Waals surface area contributed by atoms with E-state index in [9.17, 15) is 0 Å². The lowest BCUT2D eigenvalue weighted by Crippen LogP contribution is -1.97. The van der Waals surface area contributed by atoms with Gasteiger partial charge in [0.1, 0.15) is 5.75 Å². The van der Waals surface area contributed by atoms with Gasteiger partial charge in [-0.15, -0.1) is 0 Å². The van der Waals surface area contributed by atoms with Crippen LogP contribution in [0.2, 0.25) is 0 Å². The molecule has 0 heterocycles. The zero-order valence-corrected chi connectivity index (χ0v) is 15.5. The molecule has 0 amide bonds. The van der Waals surface area contributed by atoms with Gasteiger partial charge in [0.25, 0.3) is 0 Å². The van der Waals surface area contributed by atoms with Crippen LogP contribution in [0.25, 0.3) is 43.8 Å². The van der Waals surface area contributed by atoms with Crippen molar-refractivity contribution in [2.45, 2.75) is 26.7 Å². The van der Waals surface area contributed by atoms with E-state index in [1.54, 1.807) is 7.11 Å². The number of hydrogen-bond donors (Lipinski definition) is 0. The molecule has 0 atom stereocenters. The summed E-state index contributed by atoms with van der Waals surface area (Å²) >= 11 is 0. The Balaban J connectivity index is 2.04. The molecule has 5 rings (SSSR count). The largest absolute Gasteiger partial charge is 0.497 e. The fourth-order valence-corrected chi connectivity index (χ4v) is 4.82. The van der Waals surface area contributed by atoms with Crippen LogP contribution in [0.15, 0.2) is 54.6 Å². The Bertz CT molecular complexity index is 1180. The first kappa shape index (κ1) is 15.5. The summed E-state index contributed by atoms with van der Waals surface area (Å²) in [6.45, 7) is 4.54. The molecule has 1 nitrogen and oxygen atoms in total. The van der Waals surface area contributed by atoms with Gasteiger partial charge in [-0.2, -0.15) is 0 Å². The second-order valence-electron chi connectivity index (χ2n) is 7.03. The second kappa shape index (κ2) is 5.60. The van der Waals surface area contributed by atoms with Crippen molar-refractivity contribution in [3.05, 3.63) is 65.7 Å². The summed E-state index contributed by atoms with van der Waals surface area (Å²) in [6.07, 6.45) is 2.04. The molecule has 0 aliphatic heterocycles. The Kier molecular flexibility index (Phi) is 3.33. The molecule has 1 aliphatic rings. The van der Waals surface area contributed by atoms with Crippen molar-refractivity contribution in [1.29, 1.82) is 0 Å². The molecule has 0 fully saturated rings. The Morgan fingerprint density at radius 2 is 1.35 bits per heavy atom. The second-order valence-corrected chi connectivity index (χ2v) is 7.03. The van der Waals surface area contributed by atoms with Crippen molar-refractivity contribution in [1.82, 2.24) is 0 Å². The standard InChI is InChI=1S/C25H22O/c1-4-17-19-13-12-16(26-3)14-22(19)18(5-2)25-21-11-7-9-15-8-6-10-20(23(15)21)24(17)25/h6-14H,4-5H2,1-3H3. The molecule has 0 N–H and O–H groups in total. The predicted octanol–water partition coefficient (Wildman–Crippen LogP) is 6.77. The maximum Gasteiger partial charge on any atom is 0.119 e. The first-order valence-electron chi connectivity index (χ1n) is 9.46. The molecule has 1 aliphatic carbocycles. The van der Waals surface area contributed by atoms with E-state index in [-0.39, 0.29) is 0 Å². The molecule has 1 heteroatoms. The van der Waals surface area contributed by atoms with Gasteiger partial charge >= 0.3 is 0 Å². The zero-order chi connectivity index (χ0) is 17.8. The number of ether oxygens (including phenoxy) is 1. The van der Waals surface area contributed by atoms with E-state index in [1.807, 2.05) is 0 Å². The van der Waals surface area contributed by atoms with Gasteiger partial charge < -0.3 is 4.74 Å². The highest BCUT2D eigenvalue weighted by atomic mass is 16.5. The van der Waals surface area contributed by atoms with Crippen molar-refractivity contribution in [3.8, 4) is 28.0 Å². The van der Waals surface area contributed by atoms with E-state index in [2.05, 4.69) is 68.4 Å². The van der Waals surface area contributed by atoms with Crippen LogP contribution in [0.3, 0.4) is 0 Å². The molecule has 0 unspecified atom stereocenters. The molecule has 0 saturated carbocycles. The minimum Gasteiger partial charge on any atom is -0.497 e. The topological polar surface area (TPSA) is 9.23 Å². The molecule has 0 bridgehead atoms. The zero-order valence-electron chi connectivity index (χ0n) is 15.5. The Morgan fingerprint density at radius 3 is 1.92 bits per heavy atom. The van der Waals surface area contributed by atoms with Crippen LogP contribution < -0.4 is 4.74 Å². The normalized spacial score (nSPS) is 12.0. The van der Waals surface area contributed by atoms with Gasteiger partial charge in [-0.1, -0.05) is 56.3 Å². The van der Waals surface area contributed by atoms with Gasteiger partial charge in [-0.05, 0) is 79.9 Å². The van der Waals surface area contributed by atoms with Crippen LogP contribution in [0.4, 0.5) is 0 Å². The molecule has 0 saturated heterocycles. The van der Waals surface area contributed by atoms with Crippen LogP contribution in [-0.2, 0) is 12.8 Å². The summed E-state index contributed by atoms with van der Waals surface area (Å²) in [4.78, 5) is 0. The first-order valence-corrected chi connectivity index (χ1v) is 9.46. The predicted molar refractivity (Wildman–Crippen MR) is 111 cm³/mol. The Labute approximate surface area is 154 Å². The lowest BCUT2D eigenvalue weighted by Gasteiger charge is -2.18. The number of rotatable bonds is 3. The first-order chi connectivity index (χ1) is 12.8. The van der Waals surface area contributed by atoms with Crippen LogP contribution >= 0.6 is 0 Å². The number of hydrogen-bond acceptors (Lipinski definition) is 1. The number of aryl methyl sites for hydroxylation is 2. The van der Waals surface area contributed by atoms with E-state index < -0.39 is 0 Å². The van der Waals surface area contributed by atoms with Crippen molar-refractivity contribution < 1.29 is 4.74 Å². The molecular formula is C25H22O. The Hall–Kier alpha value is -2.80. The summed E-state index contributed by atoms with van der Waals surface area (Å²) in [5, 5.41) is 5.46. The summed E-state index contributed by atoms with van der Waals surface area (Å²) < 4.78 is 5.53. The van der Waals surface area contributed by atoms with Crippen molar-refractivity contribution >= 4 is 21.5 Å². The molecular weight excluding hydrogens is 316 g/mol. The third kappa shape index (κ3) is 1.86. The van der Waals surface area contributed by atoms with Gasteiger partial charge in [0.2, 0.25) is 0 Å². The average Bonchev–Trinajstić information content (AvgIpc) is 3.02. The number of methoxy groups -OCH3 is 1. The van der Waals surface area contributed by atoms with E-state index in [1.165, 1.54) is 54.9 Å². The van der Waals surface area contributed by atoms with Gasteiger partial charge in [0.15, 0.2) is 0 Å². The lowest BCUT2D eigenvalue weighted by atomic mass is 9.85. The molecule has 4 aromatic rings. The third-order valence-electron chi connectivity index (χ3n) is 5.88. The van der Waals surface area contributed by atoms with Crippen molar-refractivity contribution in [2.75, 3.05) is 7.11 Å². The van der Waals surface area contributed by atoms with E-state index in [4.69, 9.17) is 4.74 Å². The number of fused-ring (bicyclic) bond motifs is 4. The van der Waals surface area contributed by atoms with Crippen LogP contribution in [0.1, 0.15) is 25.0 Å². The number of benzene rings is 4. The summed E-state index contributed by atoms with van der Waals surface area (Å²) in [6, 6.07) is 20.0. The highest BCUT2D eigenvalue weighted by Gasteiger charge is 2.27. The fraction of sp³-hybridized carbons (Fsp3) is 0.200. The quantitative estimate of drug-likeness (QED) is 0.352. The molecule has 128 valence electrons. The maximum atomic E-state index is 5.53. The molecule has 0 radical (unpaired) electrons. The van der Waals surface area contributed by atoms with Crippen molar-refractivity contribution in [2.24, 2.45) is 0 Å². The van der Waals surface area contributed by atoms with E-state index >= 15 is 0 Å². The van der Waals surface area contributed by atoms with Gasteiger partial charge in [0.05, 0.1) is 7.11 Å². The molecule has 4 aromatic carbocycles. The van der Waals surface area contributed by atoms with E-state index in [0.29, 0.717) is 0 Å². The lowest BCUT2D eigenvalue weighted by molar-refractivity contribution is 0.415. The van der Waals surface area contributed by atoms with Crippen molar-refractivity contribution in [3.63, 3.8) is 0 Å². The van der Waals surface area contributed by atoms with Crippen LogP contribution in [-0.4, -0.2) is 7.11 Å². The van der Waals surface area contributed by atoms with Gasteiger partial charge in [-0.3, -0.25) is 0 Å². The molecule has 0 aromatic heterocycles. The van der Waals surface area contributed by atoms with Crippen LogP contribution in [0, 0.1) is 0 Å². The fourth-order valence-electron chi connectivity index (χ4n) is 4.82. The van der Waals surface area contributed by atoms with Crippen LogP contribution in [0.5, 0.6) is 5.75 Å². The Morgan fingerprint density at radius 1 is 0.731 bits per heavy atom. The SMILES string of the molecule is CCc1c2c(c(CC)c3cc(OC)ccc13)-c1cccc3cccc-2c13. The minimum absolute atomic E-state index is 0.933. The molecule has 0 spiro atoms. The summed E-state index contributed by atoms with van der Waals surface area (Å²) in [7, 11) is 1.75. The van der Waals surface area contributed by atoms with Gasteiger partial charge in [-0.25, -0.2) is 0 Å². The minimum atomic E-state index is 0.933. The third-order valence-corrected chi connectivity index (χ3v) is 5.88. The smallest absolute Gasteiger partial charge is 0.119 e. The molecule has 26 heavy (non-hydrogen) atoms. The highest BCUT2D eigenvalue weighted by Crippen LogP contribution is 2.53. The highest BCUT2D eigenvalue weighted by molar-refractivity contribution is 6.20. The monoisotopic (exact) mass is 338 g/mol. The maximum absolute atomic E-state index is 5.53. The summed E-state index contributed by atoms with van der Waals surface area (Å²) in [5.74, 6) is 0.933. The summed E-state index contributed by atoms with van der Waals surface area (Å²) in [5.41, 5.74) is 8.58.